The number of rotatable bonds is 5. The summed E-state index contributed by atoms with van der Waals surface area (Å²) in [5, 5.41) is 11.1. The maximum atomic E-state index is 11.0. The van der Waals surface area contributed by atoms with Gasteiger partial charge in [-0.2, -0.15) is 0 Å². The zero-order chi connectivity index (χ0) is 10.5. The van der Waals surface area contributed by atoms with Crippen molar-refractivity contribution in [1.29, 1.82) is 0 Å². The molecule has 0 fully saturated rings. The molecular formula is C6H15N3O3S. The molecule has 0 saturated carbocycles. The normalized spacial score (nSPS) is 15.7. The molecule has 4 N–H and O–H groups in total. The molecule has 0 aromatic heterocycles. The molecule has 1 atom stereocenters. The highest BCUT2D eigenvalue weighted by atomic mass is 32.2. The van der Waals surface area contributed by atoms with E-state index in [0.717, 1.165) is 0 Å². The molecule has 1 unspecified atom stereocenters. The monoisotopic (exact) mass is 209 g/mol. The van der Waals surface area contributed by atoms with Gasteiger partial charge >= 0.3 is 0 Å². The van der Waals surface area contributed by atoms with E-state index in [-0.39, 0.29) is 24.1 Å². The Kier molecular flexibility index (Phi) is 4.71. The smallest absolute Gasteiger partial charge is 0.211 e. The second-order valence-corrected chi connectivity index (χ2v) is 4.77. The predicted molar refractivity (Wildman–Crippen MR) is 50.0 cm³/mol. The summed E-state index contributed by atoms with van der Waals surface area (Å²) in [6.07, 6.45) is 0. The Morgan fingerprint density at radius 2 is 2.23 bits per heavy atom. The van der Waals surface area contributed by atoms with Gasteiger partial charge in [0.15, 0.2) is 0 Å². The van der Waals surface area contributed by atoms with Crippen molar-refractivity contribution >= 4 is 15.9 Å². The Bertz CT molecular complexity index is 273. The zero-order valence-electron chi connectivity index (χ0n) is 7.69. The number of sulfonamides is 1. The molecule has 0 aromatic carbocycles. The molecule has 0 spiro atoms. The predicted octanol–water partition coefficient (Wildman–Crippen LogP) is -0.692. The van der Waals surface area contributed by atoms with Crippen LogP contribution in [0, 0.1) is 5.92 Å². The van der Waals surface area contributed by atoms with E-state index in [1.54, 1.807) is 6.92 Å². The standard InChI is InChI=1S/C6H15N3O3S/c1-3-13(11,12)8-4-5(2)6(7)9-10/h5,8,10H,3-4H2,1-2H3,(H2,7,9). The van der Waals surface area contributed by atoms with E-state index in [0.29, 0.717) is 0 Å². The summed E-state index contributed by atoms with van der Waals surface area (Å²) in [5.41, 5.74) is 5.25. The first-order valence-electron chi connectivity index (χ1n) is 3.87. The first kappa shape index (κ1) is 12.2. The second kappa shape index (κ2) is 5.03. The number of nitrogens with two attached hydrogens (primary N) is 1. The number of nitrogens with zero attached hydrogens (tertiary/aromatic N) is 1. The molecule has 0 amide bonds. The Morgan fingerprint density at radius 1 is 1.69 bits per heavy atom. The molecule has 0 aromatic rings. The third-order valence-electron chi connectivity index (χ3n) is 1.61. The van der Waals surface area contributed by atoms with Crippen LogP contribution in [-0.2, 0) is 10.0 Å². The molecule has 0 saturated heterocycles. The van der Waals surface area contributed by atoms with Crippen molar-refractivity contribution in [3.05, 3.63) is 0 Å². The summed E-state index contributed by atoms with van der Waals surface area (Å²) in [4.78, 5) is 0. The Morgan fingerprint density at radius 3 is 2.62 bits per heavy atom. The molecule has 0 rings (SSSR count). The summed E-state index contributed by atoms with van der Waals surface area (Å²) in [6.45, 7) is 3.34. The number of nitrogens with one attached hydrogen (secondary N) is 1. The van der Waals surface area contributed by atoms with Gasteiger partial charge in [0.2, 0.25) is 10.0 Å². The van der Waals surface area contributed by atoms with Crippen LogP contribution in [0.1, 0.15) is 13.8 Å². The van der Waals surface area contributed by atoms with Crippen molar-refractivity contribution in [2.45, 2.75) is 13.8 Å². The van der Waals surface area contributed by atoms with Gasteiger partial charge in [-0.1, -0.05) is 12.1 Å². The lowest BCUT2D eigenvalue weighted by atomic mass is 10.2. The lowest BCUT2D eigenvalue weighted by molar-refractivity contribution is 0.314. The van der Waals surface area contributed by atoms with Gasteiger partial charge in [-0.3, -0.25) is 0 Å². The van der Waals surface area contributed by atoms with Crippen LogP contribution in [0.3, 0.4) is 0 Å². The molecule has 13 heavy (non-hydrogen) atoms. The van der Waals surface area contributed by atoms with E-state index in [2.05, 4.69) is 9.88 Å². The molecule has 0 heterocycles. The topological polar surface area (TPSA) is 105 Å². The summed E-state index contributed by atoms with van der Waals surface area (Å²) < 4.78 is 24.2. The van der Waals surface area contributed by atoms with Crippen molar-refractivity contribution in [1.82, 2.24) is 4.72 Å². The van der Waals surface area contributed by atoms with Gasteiger partial charge in [0.1, 0.15) is 5.84 Å². The van der Waals surface area contributed by atoms with Crippen molar-refractivity contribution in [3.63, 3.8) is 0 Å². The summed E-state index contributed by atoms with van der Waals surface area (Å²) in [5.74, 6) is -0.277. The molecule has 0 aliphatic rings. The van der Waals surface area contributed by atoms with Crippen molar-refractivity contribution < 1.29 is 13.6 Å². The average molecular weight is 209 g/mol. The maximum Gasteiger partial charge on any atom is 0.211 e. The SMILES string of the molecule is CCS(=O)(=O)NCC(C)C(N)=NO. The van der Waals surface area contributed by atoms with Gasteiger partial charge in [-0.05, 0) is 6.92 Å². The highest BCUT2D eigenvalue weighted by molar-refractivity contribution is 7.89. The zero-order valence-corrected chi connectivity index (χ0v) is 8.50. The molecule has 6 nitrogen and oxygen atoms in total. The van der Waals surface area contributed by atoms with Gasteiger partial charge < -0.3 is 10.9 Å². The van der Waals surface area contributed by atoms with E-state index < -0.39 is 10.0 Å². The quantitative estimate of drug-likeness (QED) is 0.241. The van der Waals surface area contributed by atoms with Crippen LogP contribution in [0.4, 0.5) is 0 Å². The van der Waals surface area contributed by atoms with Crippen molar-refractivity contribution in [3.8, 4) is 0 Å². The second-order valence-electron chi connectivity index (χ2n) is 2.68. The number of hydrogen-bond donors (Lipinski definition) is 3. The third kappa shape index (κ3) is 4.69. The fraction of sp³-hybridized carbons (Fsp3) is 0.833. The average Bonchev–Trinajstić information content (AvgIpc) is 2.13. The molecule has 78 valence electrons. The van der Waals surface area contributed by atoms with Crippen LogP contribution in [0.5, 0.6) is 0 Å². The van der Waals surface area contributed by atoms with Gasteiger partial charge in [0.05, 0.1) is 5.75 Å². The van der Waals surface area contributed by atoms with Crippen molar-refractivity contribution in [2.75, 3.05) is 12.3 Å². The largest absolute Gasteiger partial charge is 0.409 e. The van der Waals surface area contributed by atoms with E-state index in [9.17, 15) is 8.42 Å². The first-order valence-corrected chi connectivity index (χ1v) is 5.53. The van der Waals surface area contributed by atoms with Gasteiger partial charge in [-0.15, -0.1) is 0 Å². The number of oxime groups is 1. The summed E-state index contributed by atoms with van der Waals surface area (Å²) in [7, 11) is -3.20. The van der Waals surface area contributed by atoms with Crippen LogP contribution in [0.25, 0.3) is 0 Å². The van der Waals surface area contributed by atoms with Gasteiger partial charge in [0, 0.05) is 12.5 Å². The molecular weight excluding hydrogens is 194 g/mol. The Hall–Kier alpha value is -0.820. The van der Waals surface area contributed by atoms with Crippen LogP contribution in [0.15, 0.2) is 5.16 Å². The van der Waals surface area contributed by atoms with E-state index in [1.165, 1.54) is 6.92 Å². The molecule has 0 bridgehead atoms. The highest BCUT2D eigenvalue weighted by Crippen LogP contribution is 1.93. The molecule has 0 aliphatic heterocycles. The maximum absolute atomic E-state index is 11.0. The molecule has 7 heteroatoms. The van der Waals surface area contributed by atoms with Crippen LogP contribution >= 0.6 is 0 Å². The van der Waals surface area contributed by atoms with Crippen LogP contribution in [-0.4, -0.2) is 31.8 Å². The Labute approximate surface area is 77.9 Å². The first-order chi connectivity index (χ1) is 5.93. The molecule has 0 radical (unpaired) electrons. The lowest BCUT2D eigenvalue weighted by Crippen LogP contribution is -2.35. The third-order valence-corrected chi connectivity index (χ3v) is 2.98. The van der Waals surface area contributed by atoms with E-state index >= 15 is 0 Å². The number of amidine groups is 1. The summed E-state index contributed by atoms with van der Waals surface area (Å²) >= 11 is 0. The van der Waals surface area contributed by atoms with E-state index in [1.807, 2.05) is 0 Å². The minimum Gasteiger partial charge on any atom is -0.409 e. The van der Waals surface area contributed by atoms with Crippen LogP contribution in [0.2, 0.25) is 0 Å². The fourth-order valence-corrected chi connectivity index (χ4v) is 1.27. The lowest BCUT2D eigenvalue weighted by Gasteiger charge is -2.10. The fourth-order valence-electron chi connectivity index (χ4n) is 0.557. The van der Waals surface area contributed by atoms with Crippen molar-refractivity contribution in [2.24, 2.45) is 16.8 Å². The van der Waals surface area contributed by atoms with Gasteiger partial charge in [-0.25, -0.2) is 13.1 Å². The van der Waals surface area contributed by atoms with Crippen LogP contribution < -0.4 is 10.5 Å². The highest BCUT2D eigenvalue weighted by Gasteiger charge is 2.11. The minimum atomic E-state index is -3.20. The molecule has 0 aliphatic carbocycles. The summed E-state index contributed by atoms with van der Waals surface area (Å²) in [6, 6.07) is 0. The van der Waals surface area contributed by atoms with E-state index in [4.69, 9.17) is 10.9 Å². The Balaban J connectivity index is 4.05. The minimum absolute atomic E-state index is 0.0128. The van der Waals surface area contributed by atoms with Gasteiger partial charge in [0.25, 0.3) is 0 Å². The number of hydrogen-bond acceptors (Lipinski definition) is 4.